The summed E-state index contributed by atoms with van der Waals surface area (Å²) in [5, 5.41) is 0. The molecule has 2 aromatic rings. The molecule has 1 atom stereocenters. The molecule has 2 heteroatoms. The molecule has 0 aromatic heterocycles. The van der Waals surface area contributed by atoms with Gasteiger partial charge in [-0.25, -0.2) is 0 Å². The zero-order valence-electron chi connectivity index (χ0n) is 12.8. The van der Waals surface area contributed by atoms with Gasteiger partial charge in [-0.2, -0.15) is 0 Å². The Morgan fingerprint density at radius 3 is 2.00 bits per heavy atom. The third-order valence-electron chi connectivity index (χ3n) is 4.29. The van der Waals surface area contributed by atoms with Gasteiger partial charge in [0.25, 0.3) is 0 Å². The molecule has 0 spiro atoms. The quantitative estimate of drug-likeness (QED) is 0.819. The summed E-state index contributed by atoms with van der Waals surface area (Å²) in [5.41, 5.74) is 15.4. The van der Waals surface area contributed by atoms with Gasteiger partial charge in [0, 0.05) is 4.47 Å². The van der Waals surface area contributed by atoms with Crippen LogP contribution in [0.4, 0.5) is 0 Å². The molecule has 0 saturated carbocycles. The van der Waals surface area contributed by atoms with Gasteiger partial charge in [-0.3, -0.25) is 0 Å². The van der Waals surface area contributed by atoms with Crippen LogP contribution >= 0.6 is 15.9 Å². The Hall–Kier alpha value is -1.12. The first-order valence-electron chi connectivity index (χ1n) is 6.92. The van der Waals surface area contributed by atoms with Crippen molar-refractivity contribution in [3.63, 3.8) is 0 Å². The van der Waals surface area contributed by atoms with E-state index in [-0.39, 0.29) is 6.04 Å². The number of rotatable bonds is 2. The summed E-state index contributed by atoms with van der Waals surface area (Å²) in [6.45, 7) is 10.7. The predicted octanol–water partition coefficient (Wildman–Crippen LogP) is 5.04. The van der Waals surface area contributed by atoms with E-state index in [0.29, 0.717) is 0 Å². The first-order valence-corrected chi connectivity index (χ1v) is 7.71. The Labute approximate surface area is 130 Å². The van der Waals surface area contributed by atoms with Crippen molar-refractivity contribution in [3.8, 4) is 0 Å². The molecule has 0 amide bonds. The Kier molecular flexibility index (Phi) is 4.36. The molecule has 0 aliphatic carbocycles. The van der Waals surface area contributed by atoms with E-state index >= 15 is 0 Å². The van der Waals surface area contributed by atoms with E-state index in [4.69, 9.17) is 5.73 Å². The molecule has 0 bridgehead atoms. The highest BCUT2D eigenvalue weighted by Crippen LogP contribution is 2.34. The molecule has 2 rings (SSSR count). The lowest BCUT2D eigenvalue weighted by molar-refractivity contribution is 0.838. The molecule has 0 fully saturated rings. The van der Waals surface area contributed by atoms with E-state index in [2.05, 4.69) is 74.8 Å². The summed E-state index contributed by atoms with van der Waals surface area (Å²) in [6, 6.07) is 8.43. The van der Waals surface area contributed by atoms with E-state index in [1.54, 1.807) is 0 Å². The zero-order chi connectivity index (χ0) is 15.0. The maximum atomic E-state index is 6.60. The van der Waals surface area contributed by atoms with Crippen molar-refractivity contribution in [3.05, 3.63) is 67.7 Å². The van der Waals surface area contributed by atoms with E-state index in [1.807, 2.05) is 0 Å². The van der Waals surface area contributed by atoms with Gasteiger partial charge in [0.15, 0.2) is 0 Å². The molecule has 0 radical (unpaired) electrons. The topological polar surface area (TPSA) is 26.0 Å². The Morgan fingerprint density at radius 1 is 0.900 bits per heavy atom. The molecule has 0 saturated heterocycles. The van der Waals surface area contributed by atoms with Crippen LogP contribution in [0.2, 0.25) is 0 Å². The molecule has 0 aliphatic rings. The fourth-order valence-corrected chi connectivity index (χ4v) is 3.29. The van der Waals surface area contributed by atoms with E-state index in [1.165, 1.54) is 33.4 Å². The van der Waals surface area contributed by atoms with Crippen LogP contribution in [-0.4, -0.2) is 0 Å². The van der Waals surface area contributed by atoms with Gasteiger partial charge in [-0.15, -0.1) is 0 Å². The summed E-state index contributed by atoms with van der Waals surface area (Å²) in [5.74, 6) is 0. The number of halogens is 1. The van der Waals surface area contributed by atoms with Crippen LogP contribution in [0.1, 0.15) is 45.0 Å². The van der Waals surface area contributed by atoms with Gasteiger partial charge < -0.3 is 5.73 Å². The second-order valence-electron chi connectivity index (χ2n) is 5.63. The lowest BCUT2D eigenvalue weighted by atomic mass is 9.87. The second kappa shape index (κ2) is 5.71. The van der Waals surface area contributed by atoms with Crippen molar-refractivity contribution in [2.24, 2.45) is 5.73 Å². The lowest BCUT2D eigenvalue weighted by Crippen LogP contribution is -2.17. The highest BCUT2D eigenvalue weighted by atomic mass is 79.9. The largest absolute Gasteiger partial charge is 0.320 e. The minimum atomic E-state index is -0.0946. The van der Waals surface area contributed by atoms with Crippen LogP contribution in [0, 0.1) is 34.6 Å². The number of benzene rings is 2. The number of aryl methyl sites for hydroxylation is 3. The fourth-order valence-electron chi connectivity index (χ4n) is 2.78. The number of hydrogen-bond donors (Lipinski definition) is 1. The highest BCUT2D eigenvalue weighted by molar-refractivity contribution is 9.10. The van der Waals surface area contributed by atoms with E-state index < -0.39 is 0 Å². The maximum absolute atomic E-state index is 6.60. The summed E-state index contributed by atoms with van der Waals surface area (Å²) < 4.78 is 1.12. The van der Waals surface area contributed by atoms with Crippen LogP contribution < -0.4 is 5.73 Å². The standard InChI is InChI=1S/C18H22BrN/c1-10-7-6-8-15(17(10)19)18(20)16-13(4)11(2)9-12(3)14(16)5/h6-9,18H,20H2,1-5H3. The second-order valence-corrected chi connectivity index (χ2v) is 6.42. The summed E-state index contributed by atoms with van der Waals surface area (Å²) in [4.78, 5) is 0. The van der Waals surface area contributed by atoms with Gasteiger partial charge in [0.1, 0.15) is 0 Å². The average molecular weight is 332 g/mol. The minimum absolute atomic E-state index is 0.0946. The SMILES string of the molecule is Cc1cc(C)c(C)c(C(N)c2cccc(C)c2Br)c1C. The molecule has 0 aliphatic heterocycles. The van der Waals surface area contributed by atoms with Crippen molar-refractivity contribution in [2.75, 3.05) is 0 Å². The van der Waals surface area contributed by atoms with Crippen molar-refractivity contribution in [1.29, 1.82) is 0 Å². The highest BCUT2D eigenvalue weighted by Gasteiger charge is 2.19. The van der Waals surface area contributed by atoms with Crippen LogP contribution in [0.25, 0.3) is 0 Å². The van der Waals surface area contributed by atoms with E-state index in [9.17, 15) is 0 Å². The van der Waals surface area contributed by atoms with Crippen molar-refractivity contribution >= 4 is 15.9 Å². The Bertz CT molecular complexity index is 633. The van der Waals surface area contributed by atoms with E-state index in [0.717, 1.165) is 10.0 Å². The molecule has 106 valence electrons. The van der Waals surface area contributed by atoms with Crippen LogP contribution in [0.5, 0.6) is 0 Å². The summed E-state index contributed by atoms with van der Waals surface area (Å²) in [6.07, 6.45) is 0. The van der Waals surface area contributed by atoms with Crippen LogP contribution in [0.3, 0.4) is 0 Å². The predicted molar refractivity (Wildman–Crippen MR) is 90.3 cm³/mol. The summed E-state index contributed by atoms with van der Waals surface area (Å²) >= 11 is 3.68. The van der Waals surface area contributed by atoms with Crippen LogP contribution in [0.15, 0.2) is 28.7 Å². The summed E-state index contributed by atoms with van der Waals surface area (Å²) in [7, 11) is 0. The normalized spacial score (nSPS) is 12.6. The molecule has 0 heterocycles. The monoisotopic (exact) mass is 331 g/mol. The zero-order valence-corrected chi connectivity index (χ0v) is 14.4. The first kappa shape index (κ1) is 15.3. The number of hydrogen-bond acceptors (Lipinski definition) is 1. The Balaban J connectivity index is 2.65. The molecule has 1 nitrogen and oxygen atoms in total. The van der Waals surface area contributed by atoms with Gasteiger partial charge >= 0.3 is 0 Å². The van der Waals surface area contributed by atoms with Crippen LogP contribution in [-0.2, 0) is 0 Å². The molecular formula is C18H22BrN. The molecule has 1 unspecified atom stereocenters. The molecule has 2 aromatic carbocycles. The smallest absolute Gasteiger partial charge is 0.0568 e. The third-order valence-corrected chi connectivity index (χ3v) is 5.38. The van der Waals surface area contributed by atoms with Crippen molar-refractivity contribution in [2.45, 2.75) is 40.7 Å². The van der Waals surface area contributed by atoms with Gasteiger partial charge in [0.05, 0.1) is 6.04 Å². The van der Waals surface area contributed by atoms with Gasteiger partial charge in [0.2, 0.25) is 0 Å². The Morgan fingerprint density at radius 2 is 1.45 bits per heavy atom. The molecular weight excluding hydrogens is 310 g/mol. The lowest BCUT2D eigenvalue weighted by Gasteiger charge is -2.22. The number of nitrogens with two attached hydrogens (primary N) is 1. The molecule has 20 heavy (non-hydrogen) atoms. The fraction of sp³-hybridized carbons (Fsp3) is 0.333. The van der Waals surface area contributed by atoms with Crippen molar-refractivity contribution in [1.82, 2.24) is 0 Å². The first-order chi connectivity index (χ1) is 9.34. The van der Waals surface area contributed by atoms with Gasteiger partial charge in [-0.1, -0.05) is 40.2 Å². The maximum Gasteiger partial charge on any atom is 0.0568 e. The average Bonchev–Trinajstić information content (AvgIpc) is 2.40. The molecule has 2 N–H and O–H groups in total. The van der Waals surface area contributed by atoms with Crippen molar-refractivity contribution < 1.29 is 0 Å². The minimum Gasteiger partial charge on any atom is -0.320 e. The third kappa shape index (κ3) is 2.55. The van der Waals surface area contributed by atoms with Gasteiger partial charge in [-0.05, 0) is 73.6 Å².